The molecule has 0 heterocycles. The Labute approximate surface area is 169 Å². The number of benzene rings is 2. The lowest BCUT2D eigenvalue weighted by Gasteiger charge is -2.23. The lowest BCUT2D eigenvalue weighted by molar-refractivity contribution is -0.384. The first-order valence-electron chi connectivity index (χ1n) is 8.86. The van der Waals surface area contributed by atoms with E-state index in [4.69, 9.17) is 4.74 Å². The Hall–Kier alpha value is -3.14. The van der Waals surface area contributed by atoms with Gasteiger partial charge in [-0.05, 0) is 37.6 Å². The van der Waals surface area contributed by atoms with Crippen LogP contribution in [0.1, 0.15) is 25.5 Å². The van der Waals surface area contributed by atoms with E-state index in [0.29, 0.717) is 12.4 Å². The zero-order chi connectivity index (χ0) is 21.6. The zero-order valence-electron chi connectivity index (χ0n) is 16.4. The Morgan fingerprint density at radius 1 is 1.24 bits per heavy atom. The SMILES string of the molecule is CCOc1ccc([C@@H](C)NC(=O)CN(c2cccc([N+](=O)[O-])c2)S(C)(=O)=O)cc1. The molecule has 1 atom stereocenters. The number of ether oxygens (including phenoxy) is 1. The number of nitrogens with zero attached hydrogens (tertiary/aromatic N) is 2. The van der Waals surface area contributed by atoms with Gasteiger partial charge in [0.05, 0.1) is 29.5 Å². The largest absolute Gasteiger partial charge is 0.494 e. The van der Waals surface area contributed by atoms with Gasteiger partial charge in [0.2, 0.25) is 15.9 Å². The van der Waals surface area contributed by atoms with Crippen LogP contribution in [-0.2, 0) is 14.8 Å². The second-order valence-corrected chi connectivity index (χ2v) is 8.24. The van der Waals surface area contributed by atoms with E-state index in [2.05, 4.69) is 5.32 Å². The summed E-state index contributed by atoms with van der Waals surface area (Å²) in [6.45, 7) is 3.70. The van der Waals surface area contributed by atoms with E-state index in [9.17, 15) is 23.3 Å². The molecule has 2 aromatic rings. The molecule has 1 amide bonds. The van der Waals surface area contributed by atoms with Crippen LogP contribution >= 0.6 is 0 Å². The van der Waals surface area contributed by atoms with Crippen molar-refractivity contribution in [3.8, 4) is 5.75 Å². The fourth-order valence-corrected chi connectivity index (χ4v) is 3.53. The molecular weight excluding hydrogens is 398 g/mol. The summed E-state index contributed by atoms with van der Waals surface area (Å²) < 4.78 is 30.5. The van der Waals surface area contributed by atoms with Gasteiger partial charge in [0, 0.05) is 12.1 Å². The summed E-state index contributed by atoms with van der Waals surface area (Å²) in [6, 6.07) is 12.0. The highest BCUT2D eigenvalue weighted by molar-refractivity contribution is 7.92. The van der Waals surface area contributed by atoms with Crippen molar-refractivity contribution in [2.24, 2.45) is 0 Å². The van der Waals surface area contributed by atoms with E-state index >= 15 is 0 Å². The van der Waals surface area contributed by atoms with Crippen LogP contribution in [-0.4, -0.2) is 38.7 Å². The van der Waals surface area contributed by atoms with Crippen LogP contribution in [0, 0.1) is 10.1 Å². The first-order chi connectivity index (χ1) is 13.6. The van der Waals surface area contributed by atoms with Crippen molar-refractivity contribution in [1.82, 2.24) is 5.32 Å². The molecule has 2 aromatic carbocycles. The molecule has 0 saturated carbocycles. The topological polar surface area (TPSA) is 119 Å². The van der Waals surface area contributed by atoms with Gasteiger partial charge in [0.25, 0.3) is 5.69 Å². The number of nitro benzene ring substituents is 1. The smallest absolute Gasteiger partial charge is 0.271 e. The van der Waals surface area contributed by atoms with Gasteiger partial charge in [-0.3, -0.25) is 19.2 Å². The molecule has 0 radical (unpaired) electrons. The van der Waals surface area contributed by atoms with Crippen LogP contribution in [0.25, 0.3) is 0 Å². The summed E-state index contributed by atoms with van der Waals surface area (Å²) in [5.41, 5.74) is 0.605. The Balaban J connectivity index is 2.14. The van der Waals surface area contributed by atoms with Gasteiger partial charge in [-0.1, -0.05) is 18.2 Å². The normalized spacial score (nSPS) is 12.1. The zero-order valence-corrected chi connectivity index (χ0v) is 17.2. The van der Waals surface area contributed by atoms with Gasteiger partial charge in [0.1, 0.15) is 12.3 Å². The number of sulfonamides is 1. The predicted octanol–water partition coefficient (Wildman–Crippen LogP) is 2.64. The van der Waals surface area contributed by atoms with Crippen molar-refractivity contribution >= 4 is 27.3 Å². The Morgan fingerprint density at radius 3 is 2.45 bits per heavy atom. The van der Waals surface area contributed by atoms with Crippen LogP contribution in [0.4, 0.5) is 11.4 Å². The molecule has 0 saturated heterocycles. The van der Waals surface area contributed by atoms with Crippen molar-refractivity contribution in [3.05, 3.63) is 64.2 Å². The van der Waals surface area contributed by atoms with Crippen molar-refractivity contribution in [2.75, 3.05) is 23.7 Å². The third-order valence-corrected chi connectivity index (χ3v) is 5.23. The summed E-state index contributed by atoms with van der Waals surface area (Å²) >= 11 is 0. The second-order valence-electron chi connectivity index (χ2n) is 6.34. The quantitative estimate of drug-likeness (QED) is 0.491. The minimum atomic E-state index is -3.83. The number of nitro groups is 1. The number of carbonyl (C=O) groups excluding carboxylic acids is 1. The van der Waals surface area contributed by atoms with E-state index in [1.165, 1.54) is 18.2 Å². The van der Waals surface area contributed by atoms with Crippen molar-refractivity contribution < 1.29 is 22.9 Å². The average Bonchev–Trinajstić information content (AvgIpc) is 2.66. The molecule has 9 nitrogen and oxygen atoms in total. The lowest BCUT2D eigenvalue weighted by Crippen LogP contribution is -2.41. The lowest BCUT2D eigenvalue weighted by atomic mass is 10.1. The summed E-state index contributed by atoms with van der Waals surface area (Å²) in [6.07, 6.45) is 0.939. The first kappa shape index (κ1) is 22.2. The van der Waals surface area contributed by atoms with E-state index in [-0.39, 0.29) is 17.4 Å². The molecule has 0 aromatic heterocycles. The van der Waals surface area contributed by atoms with Gasteiger partial charge in [-0.2, -0.15) is 0 Å². The molecule has 0 unspecified atom stereocenters. The number of nitrogens with one attached hydrogen (secondary N) is 1. The molecule has 0 aliphatic rings. The molecule has 156 valence electrons. The molecule has 1 N–H and O–H groups in total. The van der Waals surface area contributed by atoms with Crippen LogP contribution in [0.5, 0.6) is 5.75 Å². The van der Waals surface area contributed by atoms with Gasteiger partial charge in [0.15, 0.2) is 0 Å². The molecule has 0 fully saturated rings. The van der Waals surface area contributed by atoms with E-state index < -0.39 is 27.4 Å². The molecule has 29 heavy (non-hydrogen) atoms. The molecule has 0 bridgehead atoms. The Bertz CT molecular complexity index is 976. The summed E-state index contributed by atoms with van der Waals surface area (Å²) in [5, 5.41) is 13.7. The van der Waals surface area contributed by atoms with Crippen molar-refractivity contribution in [3.63, 3.8) is 0 Å². The van der Waals surface area contributed by atoms with E-state index in [1.807, 2.05) is 19.1 Å². The van der Waals surface area contributed by atoms with Gasteiger partial charge in [-0.25, -0.2) is 8.42 Å². The van der Waals surface area contributed by atoms with Gasteiger partial charge >= 0.3 is 0 Å². The maximum atomic E-state index is 12.5. The Kier molecular flexibility index (Phi) is 7.16. The summed E-state index contributed by atoms with van der Waals surface area (Å²) in [5.74, 6) is 0.173. The van der Waals surface area contributed by atoms with Crippen LogP contribution in [0.2, 0.25) is 0 Å². The highest BCUT2D eigenvalue weighted by Gasteiger charge is 2.23. The first-order valence-corrected chi connectivity index (χ1v) is 10.7. The monoisotopic (exact) mass is 421 g/mol. The number of rotatable bonds is 9. The fourth-order valence-electron chi connectivity index (χ4n) is 2.68. The standard InChI is InChI=1S/C19H23N3O6S/c1-4-28-18-10-8-15(9-11-18)14(2)20-19(23)13-21(29(3,26)27)16-6-5-7-17(12-16)22(24)25/h5-12,14H,4,13H2,1-3H3,(H,20,23)/t14-/m1/s1. The molecule has 2 rings (SSSR count). The van der Waals surface area contributed by atoms with Gasteiger partial charge in [-0.15, -0.1) is 0 Å². The van der Waals surface area contributed by atoms with Crippen molar-refractivity contribution in [1.29, 1.82) is 0 Å². The van der Waals surface area contributed by atoms with Crippen LogP contribution < -0.4 is 14.4 Å². The summed E-state index contributed by atoms with van der Waals surface area (Å²) in [4.78, 5) is 22.8. The minimum absolute atomic E-state index is 0.0468. The average molecular weight is 421 g/mol. The third kappa shape index (κ3) is 6.18. The molecular formula is C19H23N3O6S. The third-order valence-electron chi connectivity index (χ3n) is 4.08. The highest BCUT2D eigenvalue weighted by atomic mass is 32.2. The molecule has 0 spiro atoms. The summed E-state index contributed by atoms with van der Waals surface area (Å²) in [7, 11) is -3.83. The second kappa shape index (κ2) is 9.37. The number of hydrogen-bond acceptors (Lipinski definition) is 6. The molecule has 10 heteroatoms. The molecule has 0 aliphatic carbocycles. The van der Waals surface area contributed by atoms with E-state index in [0.717, 1.165) is 22.2 Å². The molecule has 0 aliphatic heterocycles. The van der Waals surface area contributed by atoms with Crippen LogP contribution in [0.3, 0.4) is 0 Å². The highest BCUT2D eigenvalue weighted by Crippen LogP contribution is 2.23. The minimum Gasteiger partial charge on any atom is -0.494 e. The number of amides is 1. The maximum absolute atomic E-state index is 12.5. The number of carbonyl (C=O) groups is 1. The number of anilines is 1. The Morgan fingerprint density at radius 2 is 1.90 bits per heavy atom. The van der Waals surface area contributed by atoms with Gasteiger partial charge < -0.3 is 10.1 Å². The fraction of sp³-hybridized carbons (Fsp3) is 0.316. The van der Waals surface area contributed by atoms with Crippen LogP contribution in [0.15, 0.2) is 48.5 Å². The van der Waals surface area contributed by atoms with E-state index in [1.54, 1.807) is 19.1 Å². The maximum Gasteiger partial charge on any atom is 0.271 e. The van der Waals surface area contributed by atoms with Crippen molar-refractivity contribution in [2.45, 2.75) is 19.9 Å². The number of hydrogen-bond donors (Lipinski definition) is 1. The number of non-ortho nitro benzene ring substituents is 1. The predicted molar refractivity (Wildman–Crippen MR) is 109 cm³/mol.